The van der Waals surface area contributed by atoms with E-state index >= 15 is 0 Å². The van der Waals surface area contributed by atoms with Crippen molar-refractivity contribution in [2.24, 2.45) is 0 Å². The molecule has 0 aliphatic carbocycles. The maximum atomic E-state index is 14.8. The summed E-state index contributed by atoms with van der Waals surface area (Å²) >= 11 is 0. The number of fused-ring (bicyclic) bond motifs is 1. The van der Waals surface area contributed by atoms with Crippen LogP contribution in [0.15, 0.2) is 29.4 Å². The monoisotopic (exact) mass is 450 g/mol. The first-order valence-corrected chi connectivity index (χ1v) is 11.8. The number of benzene rings is 1. The number of rotatable bonds is 4. The van der Waals surface area contributed by atoms with Crippen molar-refractivity contribution in [3.8, 4) is 5.88 Å². The molecule has 3 heterocycles. The van der Waals surface area contributed by atoms with Crippen LogP contribution in [0.25, 0.3) is 0 Å². The molecule has 2 aliphatic rings. The lowest BCUT2D eigenvalue weighted by Crippen LogP contribution is -2.41. The summed E-state index contributed by atoms with van der Waals surface area (Å²) < 4.78 is 44.4. The number of nitrogens with zero attached hydrogens (tertiary/aromatic N) is 4. The number of piperidine rings is 1. The van der Waals surface area contributed by atoms with Gasteiger partial charge in [-0.3, -0.25) is 0 Å². The van der Waals surface area contributed by atoms with Crippen molar-refractivity contribution in [1.29, 1.82) is 0 Å². The molecule has 1 atom stereocenters. The highest BCUT2D eigenvalue weighted by molar-refractivity contribution is 7.90. The third kappa shape index (κ3) is 4.14. The Morgan fingerprint density at radius 3 is 2.58 bits per heavy atom. The largest absolute Gasteiger partial charge is 0.474 e. The maximum Gasteiger partial charge on any atom is 0.407 e. The molecule has 1 fully saturated rings. The van der Waals surface area contributed by atoms with Gasteiger partial charge in [-0.05, 0) is 25.1 Å². The molecule has 1 N–H and O–H groups in total. The predicted molar refractivity (Wildman–Crippen MR) is 110 cm³/mol. The minimum atomic E-state index is -3.52. The number of amides is 1. The second-order valence-corrected chi connectivity index (χ2v) is 9.89. The van der Waals surface area contributed by atoms with E-state index in [1.165, 1.54) is 23.4 Å². The number of aromatic nitrogens is 2. The van der Waals surface area contributed by atoms with Crippen LogP contribution in [0.2, 0.25) is 0 Å². The van der Waals surface area contributed by atoms with Gasteiger partial charge in [-0.25, -0.2) is 27.6 Å². The topological polar surface area (TPSA) is 113 Å². The van der Waals surface area contributed by atoms with Crippen molar-refractivity contribution in [2.45, 2.75) is 43.2 Å². The quantitative estimate of drug-likeness (QED) is 0.756. The van der Waals surface area contributed by atoms with Gasteiger partial charge in [-0.2, -0.15) is 0 Å². The van der Waals surface area contributed by atoms with Crippen molar-refractivity contribution in [1.82, 2.24) is 14.9 Å². The fourth-order valence-electron chi connectivity index (χ4n) is 4.06. The highest BCUT2D eigenvalue weighted by Gasteiger charge is 2.35. The van der Waals surface area contributed by atoms with Crippen LogP contribution in [0.1, 0.15) is 25.3 Å². The first-order chi connectivity index (χ1) is 14.6. The first kappa shape index (κ1) is 21.3. The number of carboxylic acid groups (broad SMARTS) is 1. The van der Waals surface area contributed by atoms with Crippen molar-refractivity contribution in [3.05, 3.63) is 35.9 Å². The number of sulfone groups is 1. The summed E-state index contributed by atoms with van der Waals surface area (Å²) in [6.07, 6.45) is 2.95. The average molecular weight is 450 g/mol. The molecule has 1 unspecified atom stereocenters. The van der Waals surface area contributed by atoms with E-state index in [9.17, 15) is 17.6 Å². The molecule has 31 heavy (non-hydrogen) atoms. The Bertz CT molecular complexity index is 1120. The molecular weight excluding hydrogens is 427 g/mol. The number of anilines is 2. The smallest absolute Gasteiger partial charge is 0.407 e. The van der Waals surface area contributed by atoms with Crippen LogP contribution in [0.5, 0.6) is 5.88 Å². The van der Waals surface area contributed by atoms with E-state index in [-0.39, 0.29) is 22.7 Å². The second-order valence-electron chi connectivity index (χ2n) is 7.88. The van der Waals surface area contributed by atoms with Gasteiger partial charge in [0.2, 0.25) is 5.88 Å². The number of halogens is 1. The van der Waals surface area contributed by atoms with E-state index in [2.05, 4.69) is 9.97 Å². The Balaban J connectivity index is 1.59. The summed E-state index contributed by atoms with van der Waals surface area (Å²) in [5.41, 5.74) is 0.986. The van der Waals surface area contributed by atoms with E-state index in [1.807, 2.05) is 6.92 Å². The van der Waals surface area contributed by atoms with Gasteiger partial charge in [0.15, 0.2) is 9.84 Å². The molecule has 0 bridgehead atoms. The van der Waals surface area contributed by atoms with Crippen LogP contribution >= 0.6 is 0 Å². The van der Waals surface area contributed by atoms with Crippen LogP contribution < -0.4 is 9.64 Å². The SMILES string of the molecule is CC1Cc2c(OC3CCN(C(=O)O)CC3)ncnc2N1c1ccc(S(C)(=O)=O)cc1F. The van der Waals surface area contributed by atoms with Crippen LogP contribution in [-0.4, -0.2) is 66.0 Å². The molecule has 166 valence electrons. The highest BCUT2D eigenvalue weighted by atomic mass is 32.2. The Morgan fingerprint density at radius 1 is 1.26 bits per heavy atom. The van der Waals surface area contributed by atoms with E-state index < -0.39 is 21.7 Å². The third-order valence-corrected chi connectivity index (χ3v) is 6.76. The number of hydrogen-bond donors (Lipinski definition) is 1. The maximum absolute atomic E-state index is 14.8. The summed E-state index contributed by atoms with van der Waals surface area (Å²) in [6, 6.07) is 3.71. The van der Waals surface area contributed by atoms with Gasteiger partial charge in [0.1, 0.15) is 24.1 Å². The number of ether oxygens (including phenoxy) is 1. The molecule has 9 nitrogen and oxygen atoms in total. The summed E-state index contributed by atoms with van der Waals surface area (Å²) in [5.74, 6) is 0.289. The second kappa shape index (κ2) is 7.95. The average Bonchev–Trinajstić information content (AvgIpc) is 3.04. The van der Waals surface area contributed by atoms with E-state index in [0.717, 1.165) is 17.9 Å². The van der Waals surface area contributed by atoms with E-state index in [4.69, 9.17) is 9.84 Å². The van der Waals surface area contributed by atoms with Crippen molar-refractivity contribution < 1.29 is 27.4 Å². The fourth-order valence-corrected chi connectivity index (χ4v) is 4.69. The summed E-state index contributed by atoms with van der Waals surface area (Å²) in [7, 11) is -3.52. The molecule has 4 rings (SSSR count). The van der Waals surface area contributed by atoms with Crippen LogP contribution in [0.4, 0.5) is 20.7 Å². The summed E-state index contributed by atoms with van der Waals surface area (Å²) in [6.45, 7) is 2.71. The lowest BCUT2D eigenvalue weighted by molar-refractivity contribution is 0.0865. The summed E-state index contributed by atoms with van der Waals surface area (Å²) in [5, 5.41) is 9.09. The molecule has 0 saturated carbocycles. The normalized spacial score (nSPS) is 19.4. The highest BCUT2D eigenvalue weighted by Crippen LogP contribution is 2.41. The number of carbonyl (C=O) groups is 1. The lowest BCUT2D eigenvalue weighted by Gasteiger charge is -2.30. The van der Waals surface area contributed by atoms with E-state index in [1.54, 1.807) is 4.90 Å². The van der Waals surface area contributed by atoms with E-state index in [0.29, 0.717) is 44.0 Å². The Hall–Kier alpha value is -2.95. The minimum Gasteiger partial charge on any atom is -0.474 e. The van der Waals surface area contributed by atoms with Crippen LogP contribution in [-0.2, 0) is 16.3 Å². The van der Waals surface area contributed by atoms with Gasteiger partial charge in [0.05, 0.1) is 16.1 Å². The third-order valence-electron chi connectivity index (χ3n) is 5.65. The van der Waals surface area contributed by atoms with Gasteiger partial charge in [-0.15, -0.1) is 0 Å². The number of hydrogen-bond acceptors (Lipinski definition) is 7. The van der Waals surface area contributed by atoms with Gasteiger partial charge in [-0.1, -0.05) is 0 Å². The zero-order valence-electron chi connectivity index (χ0n) is 17.2. The van der Waals surface area contributed by atoms with Gasteiger partial charge < -0.3 is 19.6 Å². The van der Waals surface area contributed by atoms with Gasteiger partial charge in [0.25, 0.3) is 0 Å². The summed E-state index contributed by atoms with van der Waals surface area (Å²) in [4.78, 5) is 22.7. The van der Waals surface area contributed by atoms with Crippen LogP contribution in [0, 0.1) is 5.82 Å². The molecule has 0 radical (unpaired) electrons. The van der Waals surface area contributed by atoms with Crippen molar-refractivity contribution in [3.63, 3.8) is 0 Å². The molecular formula is C20H23FN4O5S. The molecule has 1 aromatic carbocycles. The molecule has 0 spiro atoms. The van der Waals surface area contributed by atoms with Crippen molar-refractivity contribution >= 4 is 27.4 Å². The van der Waals surface area contributed by atoms with Gasteiger partial charge >= 0.3 is 6.09 Å². The Kier molecular flexibility index (Phi) is 5.46. The Labute approximate surface area is 179 Å². The lowest BCUT2D eigenvalue weighted by atomic mass is 10.1. The number of likely N-dealkylation sites (tertiary alicyclic amines) is 1. The molecule has 2 aliphatic heterocycles. The van der Waals surface area contributed by atoms with Crippen molar-refractivity contribution in [2.75, 3.05) is 24.2 Å². The Morgan fingerprint density at radius 2 is 1.97 bits per heavy atom. The fraction of sp³-hybridized carbons (Fsp3) is 0.450. The standard InChI is InChI=1S/C20H23FN4O5S/c1-12-9-15-18(25(12)17-4-3-14(10-16(17)21)31(2,28)29)22-11-23-19(15)30-13-5-7-24(8-6-13)20(26)27/h3-4,10-13H,5-9H2,1-2H3,(H,26,27). The minimum absolute atomic E-state index is 0.0831. The van der Waals surface area contributed by atoms with Gasteiger partial charge in [0, 0.05) is 44.6 Å². The zero-order chi connectivity index (χ0) is 22.3. The molecule has 2 aromatic rings. The molecule has 1 aromatic heterocycles. The van der Waals surface area contributed by atoms with Crippen LogP contribution in [0.3, 0.4) is 0 Å². The molecule has 1 amide bonds. The molecule has 11 heteroatoms. The first-order valence-electron chi connectivity index (χ1n) is 9.92. The zero-order valence-corrected chi connectivity index (χ0v) is 18.0. The predicted octanol–water partition coefficient (Wildman–Crippen LogP) is 2.62. The molecule has 1 saturated heterocycles.